The molecule has 0 saturated carbocycles. The van der Waals surface area contributed by atoms with Gasteiger partial charge in [-0.2, -0.15) is 0 Å². The Morgan fingerprint density at radius 3 is 2.74 bits per heavy atom. The minimum atomic E-state index is -0.257. The first-order valence-electron chi connectivity index (χ1n) is 13.2. The number of likely N-dealkylation sites (tertiary alicyclic amines) is 1. The molecule has 2 unspecified atom stereocenters. The lowest BCUT2D eigenvalue weighted by molar-refractivity contribution is 0.0628. The van der Waals surface area contributed by atoms with Gasteiger partial charge in [-0.1, -0.05) is 26.7 Å². The van der Waals surface area contributed by atoms with E-state index in [1.54, 1.807) is 0 Å². The standard InChI is InChI=1S/C26H36N8O2.2ClH/c1-4-18(5-2)16-33-13-7-6-8-24(33)34-23(30-31-32-34)12-9-17(3)36-20-10-11-21-19(14-20)15-22-25(27-21)29-26(35)28-22;;/h10-11,14-15,17-18,24H,4-9,12-13,16H2,1-3H3,(H2,27,28,29,35);2*1H. The Morgan fingerprint density at radius 1 is 1.13 bits per heavy atom. The highest BCUT2D eigenvalue weighted by atomic mass is 35.5. The van der Waals surface area contributed by atoms with Crippen LogP contribution < -0.4 is 10.4 Å². The summed E-state index contributed by atoms with van der Waals surface area (Å²) in [5.74, 6) is 2.41. The molecule has 0 spiro atoms. The fourth-order valence-corrected chi connectivity index (χ4v) is 5.25. The quantitative estimate of drug-likeness (QED) is 0.276. The van der Waals surface area contributed by atoms with Gasteiger partial charge in [-0.25, -0.2) is 14.5 Å². The van der Waals surface area contributed by atoms with Gasteiger partial charge in [0.15, 0.2) is 11.5 Å². The zero-order chi connectivity index (χ0) is 25.1. The molecule has 1 aliphatic heterocycles. The number of ether oxygens (including phenoxy) is 1. The van der Waals surface area contributed by atoms with Gasteiger partial charge in [0, 0.05) is 24.9 Å². The van der Waals surface area contributed by atoms with E-state index in [0.717, 1.165) is 54.8 Å². The largest absolute Gasteiger partial charge is 0.491 e. The summed E-state index contributed by atoms with van der Waals surface area (Å²) in [6.45, 7) is 8.86. The van der Waals surface area contributed by atoms with Crippen LogP contribution in [0.1, 0.15) is 71.3 Å². The summed E-state index contributed by atoms with van der Waals surface area (Å²) in [7, 11) is 0. The van der Waals surface area contributed by atoms with Gasteiger partial charge < -0.3 is 9.72 Å². The summed E-state index contributed by atoms with van der Waals surface area (Å²) >= 11 is 0. The Hall–Kier alpha value is -2.69. The zero-order valence-corrected chi connectivity index (χ0v) is 23.9. The number of hydrogen-bond acceptors (Lipinski definition) is 7. The number of piperidine rings is 1. The molecule has 5 rings (SSSR count). The number of tetrazole rings is 1. The zero-order valence-electron chi connectivity index (χ0n) is 22.2. The lowest BCUT2D eigenvalue weighted by atomic mass is 10.00. The molecule has 0 amide bonds. The first-order chi connectivity index (χ1) is 17.5. The normalized spacial score (nSPS) is 16.9. The summed E-state index contributed by atoms with van der Waals surface area (Å²) in [6.07, 6.45) is 7.74. The van der Waals surface area contributed by atoms with Gasteiger partial charge in [0.2, 0.25) is 0 Å². The van der Waals surface area contributed by atoms with E-state index in [-0.39, 0.29) is 42.8 Å². The van der Waals surface area contributed by atoms with Crippen LogP contribution in [0.4, 0.5) is 0 Å². The third kappa shape index (κ3) is 6.65. The molecule has 0 aliphatic carbocycles. The monoisotopic (exact) mass is 564 g/mol. The average molecular weight is 566 g/mol. The van der Waals surface area contributed by atoms with Gasteiger partial charge in [0.1, 0.15) is 11.9 Å². The number of benzene rings is 1. The Kier molecular flexibility index (Phi) is 10.5. The predicted molar refractivity (Wildman–Crippen MR) is 153 cm³/mol. The molecule has 38 heavy (non-hydrogen) atoms. The number of aryl methyl sites for hydroxylation is 1. The first kappa shape index (κ1) is 29.9. The van der Waals surface area contributed by atoms with Crippen LogP contribution in [0.2, 0.25) is 0 Å². The van der Waals surface area contributed by atoms with Gasteiger partial charge in [0.25, 0.3) is 0 Å². The molecular weight excluding hydrogens is 527 g/mol. The fourth-order valence-electron chi connectivity index (χ4n) is 5.25. The average Bonchev–Trinajstić information content (AvgIpc) is 3.49. The van der Waals surface area contributed by atoms with E-state index in [1.165, 1.54) is 25.7 Å². The van der Waals surface area contributed by atoms with Gasteiger partial charge in [0.05, 0.1) is 17.1 Å². The molecule has 1 aromatic carbocycles. The molecule has 1 saturated heterocycles. The summed E-state index contributed by atoms with van der Waals surface area (Å²) in [5.41, 5.74) is 1.80. The van der Waals surface area contributed by atoms with Gasteiger partial charge in [-0.15, -0.1) is 29.9 Å². The van der Waals surface area contributed by atoms with Crippen molar-refractivity contribution >= 4 is 46.9 Å². The van der Waals surface area contributed by atoms with Crippen LogP contribution in [0.25, 0.3) is 22.1 Å². The number of nitrogens with one attached hydrogen (secondary N) is 2. The number of halogens is 2. The Balaban J connectivity index is 0.00000200. The minimum absolute atomic E-state index is 0. The van der Waals surface area contributed by atoms with E-state index in [4.69, 9.17) is 4.74 Å². The van der Waals surface area contributed by atoms with E-state index in [0.29, 0.717) is 17.1 Å². The molecule has 1 aliphatic rings. The third-order valence-corrected chi connectivity index (χ3v) is 7.45. The molecular formula is C26H38Cl2N8O2. The molecule has 0 bridgehead atoms. The molecule has 12 heteroatoms. The van der Waals surface area contributed by atoms with Crippen molar-refractivity contribution in [2.75, 3.05) is 13.1 Å². The lowest BCUT2D eigenvalue weighted by Crippen LogP contribution is -2.40. The topological polar surface area (TPSA) is 118 Å². The van der Waals surface area contributed by atoms with Gasteiger partial charge in [-0.3, -0.25) is 9.88 Å². The SMILES string of the molecule is CCC(CC)CN1CCCCC1n1nnnc1CCC(C)Oc1ccc2nc3[nH]c(=O)[nH]c3cc2c1.Cl.Cl. The van der Waals surface area contributed by atoms with Crippen LogP contribution in [-0.4, -0.2) is 59.3 Å². The summed E-state index contributed by atoms with van der Waals surface area (Å²) in [5, 5.41) is 13.7. The Labute approximate surface area is 234 Å². The second-order valence-electron chi connectivity index (χ2n) is 9.98. The van der Waals surface area contributed by atoms with Crippen molar-refractivity contribution < 1.29 is 4.74 Å². The minimum Gasteiger partial charge on any atom is -0.491 e. The lowest BCUT2D eigenvalue weighted by Gasteiger charge is -2.37. The Morgan fingerprint density at radius 2 is 1.95 bits per heavy atom. The van der Waals surface area contributed by atoms with Crippen molar-refractivity contribution in [3.05, 3.63) is 40.6 Å². The molecule has 0 radical (unpaired) electrons. The van der Waals surface area contributed by atoms with Gasteiger partial charge >= 0.3 is 5.69 Å². The molecule has 3 aromatic heterocycles. The maximum Gasteiger partial charge on any atom is 0.325 e. The van der Waals surface area contributed by atoms with Crippen LogP contribution in [0.15, 0.2) is 29.1 Å². The second-order valence-corrected chi connectivity index (χ2v) is 9.98. The first-order valence-corrected chi connectivity index (χ1v) is 13.2. The molecule has 4 heterocycles. The number of nitrogens with zero attached hydrogens (tertiary/aromatic N) is 6. The van der Waals surface area contributed by atoms with E-state index in [1.807, 2.05) is 24.3 Å². The van der Waals surface area contributed by atoms with Crippen LogP contribution >= 0.6 is 24.8 Å². The maximum atomic E-state index is 11.6. The molecule has 4 aromatic rings. The van der Waals surface area contributed by atoms with E-state index < -0.39 is 0 Å². The maximum absolute atomic E-state index is 11.6. The second kappa shape index (κ2) is 13.4. The molecule has 2 atom stereocenters. The molecule has 2 N–H and O–H groups in total. The third-order valence-electron chi connectivity index (χ3n) is 7.45. The fraction of sp³-hybridized carbons (Fsp3) is 0.577. The number of pyridine rings is 1. The molecule has 1 fully saturated rings. The van der Waals surface area contributed by atoms with Crippen LogP contribution in [0.5, 0.6) is 5.75 Å². The van der Waals surface area contributed by atoms with Crippen LogP contribution in [0, 0.1) is 5.92 Å². The van der Waals surface area contributed by atoms with E-state index in [2.05, 4.69) is 60.8 Å². The summed E-state index contributed by atoms with van der Waals surface area (Å²) in [4.78, 5) is 24.1. The van der Waals surface area contributed by atoms with E-state index >= 15 is 0 Å². The smallest absolute Gasteiger partial charge is 0.325 e. The highest BCUT2D eigenvalue weighted by Crippen LogP contribution is 2.29. The number of H-pyrrole nitrogens is 2. The van der Waals surface area contributed by atoms with Crippen molar-refractivity contribution in [1.82, 2.24) is 40.1 Å². The number of rotatable bonds is 10. The molecule has 208 valence electrons. The Bertz CT molecular complexity index is 1370. The van der Waals surface area contributed by atoms with Crippen molar-refractivity contribution in [2.45, 2.75) is 78.0 Å². The van der Waals surface area contributed by atoms with Crippen LogP contribution in [0.3, 0.4) is 0 Å². The van der Waals surface area contributed by atoms with Crippen molar-refractivity contribution in [3.8, 4) is 5.75 Å². The van der Waals surface area contributed by atoms with Gasteiger partial charge in [-0.05, 0) is 73.2 Å². The highest BCUT2D eigenvalue weighted by Gasteiger charge is 2.28. The summed E-state index contributed by atoms with van der Waals surface area (Å²) in [6, 6.07) is 7.72. The predicted octanol–water partition coefficient (Wildman–Crippen LogP) is 5.06. The number of aromatic nitrogens is 7. The highest BCUT2D eigenvalue weighted by molar-refractivity contribution is 5.90. The van der Waals surface area contributed by atoms with Crippen molar-refractivity contribution in [3.63, 3.8) is 0 Å². The van der Waals surface area contributed by atoms with E-state index in [9.17, 15) is 4.79 Å². The molecule has 10 nitrogen and oxygen atoms in total. The van der Waals surface area contributed by atoms with Crippen LogP contribution in [-0.2, 0) is 6.42 Å². The summed E-state index contributed by atoms with van der Waals surface area (Å²) < 4.78 is 8.28. The number of imidazole rings is 1. The number of fused-ring (bicyclic) bond motifs is 2. The number of aromatic amines is 2. The number of hydrogen-bond donors (Lipinski definition) is 2. The van der Waals surface area contributed by atoms with Crippen molar-refractivity contribution in [1.29, 1.82) is 0 Å². The van der Waals surface area contributed by atoms with Crippen molar-refractivity contribution in [2.24, 2.45) is 5.92 Å².